The summed E-state index contributed by atoms with van der Waals surface area (Å²) in [5.41, 5.74) is 5.34. The Morgan fingerprint density at radius 2 is 1.87 bits per heavy atom. The van der Waals surface area contributed by atoms with Crippen LogP contribution in [0.15, 0.2) is 83.3 Å². The molecule has 3 atom stereocenters. The molecule has 0 saturated carbocycles. The third-order valence-electron chi connectivity index (χ3n) is 8.53. The molecule has 45 heavy (non-hydrogen) atoms. The number of carbonyl (C=O) groups is 1. The fourth-order valence-electron chi connectivity index (χ4n) is 5.76. The summed E-state index contributed by atoms with van der Waals surface area (Å²) in [5, 5.41) is 20.0. The van der Waals surface area contributed by atoms with Gasteiger partial charge in [-0.25, -0.2) is 0 Å². The Morgan fingerprint density at radius 1 is 1.09 bits per heavy atom. The number of likely N-dealkylation sites (tertiary alicyclic amines) is 1. The van der Waals surface area contributed by atoms with Gasteiger partial charge in [0.05, 0.1) is 28.8 Å². The number of hydrogen-bond acceptors (Lipinski definition) is 6. The summed E-state index contributed by atoms with van der Waals surface area (Å²) in [6.45, 7) is 7.72. The number of halogens is 1. The molecule has 3 N–H and O–H groups in total. The van der Waals surface area contributed by atoms with E-state index < -0.39 is 0 Å². The summed E-state index contributed by atoms with van der Waals surface area (Å²) in [6.07, 6.45) is 2.54. The molecular formula is C37H42ClN5O2. The van der Waals surface area contributed by atoms with Gasteiger partial charge in [-0.05, 0) is 107 Å². The molecule has 7 nitrogen and oxygen atoms in total. The summed E-state index contributed by atoms with van der Waals surface area (Å²) in [4.78, 5) is 16.0. The molecule has 1 aliphatic heterocycles. The molecule has 4 aromatic rings. The molecule has 0 bridgehead atoms. The fourth-order valence-corrected chi connectivity index (χ4v) is 5.96. The third kappa shape index (κ3) is 9.06. The number of likely N-dealkylation sites (N-methyl/N-ethyl adjacent to an activating group) is 1. The van der Waals surface area contributed by atoms with Crippen LogP contribution in [0.25, 0.3) is 11.3 Å². The number of nitrogens with one attached hydrogen (secondary N) is 3. The molecule has 0 aliphatic carbocycles. The van der Waals surface area contributed by atoms with E-state index in [2.05, 4.69) is 72.1 Å². The first-order chi connectivity index (χ1) is 21.8. The van der Waals surface area contributed by atoms with Crippen molar-refractivity contribution in [1.29, 1.82) is 5.26 Å². The SMILES string of the molecule is Cc1ccc([C@@H](C)NCc2ccc(-c3ccc(Cl)c(C(=O)N[C@@H](CCN[C@@H]4CCN(C)C4)Cc4ccc(C#N)cc4)c3)o2)cc1. The molecule has 0 unspecified atom stereocenters. The molecule has 2 heterocycles. The van der Waals surface area contributed by atoms with Crippen molar-refractivity contribution in [3.05, 3.63) is 117 Å². The normalized spacial score (nSPS) is 16.3. The van der Waals surface area contributed by atoms with Gasteiger partial charge in [-0.15, -0.1) is 0 Å². The van der Waals surface area contributed by atoms with Crippen LogP contribution in [-0.4, -0.2) is 49.6 Å². The maximum Gasteiger partial charge on any atom is 0.253 e. The highest BCUT2D eigenvalue weighted by molar-refractivity contribution is 6.34. The van der Waals surface area contributed by atoms with Crippen molar-refractivity contribution in [3.63, 3.8) is 0 Å². The van der Waals surface area contributed by atoms with Crippen molar-refractivity contribution in [2.45, 2.75) is 57.8 Å². The predicted octanol–water partition coefficient (Wildman–Crippen LogP) is 6.66. The highest BCUT2D eigenvalue weighted by Crippen LogP contribution is 2.28. The highest BCUT2D eigenvalue weighted by atomic mass is 35.5. The maximum atomic E-state index is 13.6. The number of furan rings is 1. The van der Waals surface area contributed by atoms with Crippen molar-refractivity contribution in [2.24, 2.45) is 0 Å². The largest absolute Gasteiger partial charge is 0.460 e. The van der Waals surface area contributed by atoms with Crippen LogP contribution >= 0.6 is 11.6 Å². The molecule has 8 heteroatoms. The van der Waals surface area contributed by atoms with E-state index in [1.807, 2.05) is 42.5 Å². The topological polar surface area (TPSA) is 93.3 Å². The molecule has 0 radical (unpaired) electrons. The number of amides is 1. The minimum Gasteiger partial charge on any atom is -0.460 e. The van der Waals surface area contributed by atoms with Crippen LogP contribution in [0, 0.1) is 18.3 Å². The molecule has 0 spiro atoms. The molecule has 5 rings (SSSR count). The van der Waals surface area contributed by atoms with Crippen LogP contribution in [0.1, 0.15) is 64.2 Å². The van der Waals surface area contributed by atoms with Crippen LogP contribution in [0.5, 0.6) is 0 Å². The zero-order valence-electron chi connectivity index (χ0n) is 26.3. The van der Waals surface area contributed by atoms with Gasteiger partial charge in [0.1, 0.15) is 11.5 Å². The van der Waals surface area contributed by atoms with E-state index in [-0.39, 0.29) is 18.0 Å². The number of carbonyl (C=O) groups excluding carboxylic acids is 1. The molecule has 1 aliphatic rings. The minimum absolute atomic E-state index is 0.117. The molecule has 1 fully saturated rings. The van der Waals surface area contributed by atoms with E-state index >= 15 is 0 Å². The smallest absolute Gasteiger partial charge is 0.253 e. The monoisotopic (exact) mass is 623 g/mol. The molecule has 1 amide bonds. The standard InChI is InChI=1S/C37H42ClN5O2/c1-25-4-10-29(11-5-25)26(2)41-23-33-13-15-36(45-33)30-12-14-35(38)34(21-30)37(44)42-31(16-18-40-32-17-19-43(3)24-32)20-27-6-8-28(22-39)9-7-27/h4-15,21,26,31-32,40-41H,16-20,23-24H2,1-3H3,(H,42,44)/t26-,31+,32-/m1/s1. The lowest BCUT2D eigenvalue weighted by molar-refractivity contribution is 0.0935. The first-order valence-corrected chi connectivity index (χ1v) is 16.1. The van der Waals surface area contributed by atoms with Crippen molar-refractivity contribution < 1.29 is 9.21 Å². The molecule has 1 aromatic heterocycles. The fraction of sp³-hybridized carbons (Fsp3) is 0.351. The van der Waals surface area contributed by atoms with E-state index in [0.717, 1.165) is 49.4 Å². The quantitative estimate of drug-likeness (QED) is 0.154. The van der Waals surface area contributed by atoms with Crippen molar-refractivity contribution in [3.8, 4) is 17.4 Å². The second kappa shape index (κ2) is 15.4. The predicted molar refractivity (Wildman–Crippen MR) is 180 cm³/mol. The number of benzene rings is 3. The van der Waals surface area contributed by atoms with Gasteiger partial charge >= 0.3 is 0 Å². The van der Waals surface area contributed by atoms with Gasteiger partial charge in [0.15, 0.2) is 0 Å². The Labute approximate surface area is 271 Å². The summed E-state index contributed by atoms with van der Waals surface area (Å²) in [5.74, 6) is 1.27. The Kier molecular flexibility index (Phi) is 11.1. The summed E-state index contributed by atoms with van der Waals surface area (Å²) < 4.78 is 6.17. The number of nitriles is 1. The van der Waals surface area contributed by atoms with Crippen LogP contribution in [0.2, 0.25) is 5.02 Å². The summed E-state index contributed by atoms with van der Waals surface area (Å²) >= 11 is 6.57. The maximum absolute atomic E-state index is 13.6. The molecule has 3 aromatic carbocycles. The van der Waals surface area contributed by atoms with Crippen LogP contribution < -0.4 is 16.0 Å². The van der Waals surface area contributed by atoms with Crippen molar-refractivity contribution in [2.75, 3.05) is 26.7 Å². The average molecular weight is 624 g/mol. The Bertz CT molecular complexity index is 1610. The first kappa shape index (κ1) is 32.5. The summed E-state index contributed by atoms with van der Waals surface area (Å²) in [6, 6.07) is 28.1. The van der Waals surface area contributed by atoms with Gasteiger partial charge in [0.25, 0.3) is 5.91 Å². The molecule has 234 valence electrons. The number of rotatable bonds is 13. The van der Waals surface area contributed by atoms with Gasteiger partial charge in [-0.1, -0.05) is 53.6 Å². The zero-order valence-corrected chi connectivity index (χ0v) is 27.0. The van der Waals surface area contributed by atoms with E-state index in [4.69, 9.17) is 16.0 Å². The van der Waals surface area contributed by atoms with Gasteiger partial charge in [-0.3, -0.25) is 4.79 Å². The Morgan fingerprint density at radius 3 is 2.58 bits per heavy atom. The lowest BCUT2D eigenvalue weighted by Gasteiger charge is -2.21. The number of aryl methyl sites for hydroxylation is 1. The number of nitrogens with zero attached hydrogens (tertiary/aromatic N) is 2. The zero-order chi connectivity index (χ0) is 31.8. The minimum atomic E-state index is -0.221. The first-order valence-electron chi connectivity index (χ1n) is 15.7. The van der Waals surface area contributed by atoms with Crippen LogP contribution in [0.3, 0.4) is 0 Å². The van der Waals surface area contributed by atoms with Crippen LogP contribution in [0.4, 0.5) is 0 Å². The Balaban J connectivity index is 1.24. The van der Waals surface area contributed by atoms with E-state index in [1.54, 1.807) is 12.1 Å². The number of hydrogen-bond donors (Lipinski definition) is 3. The van der Waals surface area contributed by atoms with Crippen molar-refractivity contribution >= 4 is 17.5 Å². The molecular weight excluding hydrogens is 582 g/mol. The van der Waals surface area contributed by atoms with Crippen molar-refractivity contribution in [1.82, 2.24) is 20.9 Å². The average Bonchev–Trinajstić information content (AvgIpc) is 3.69. The van der Waals surface area contributed by atoms with Gasteiger partial charge < -0.3 is 25.3 Å². The lowest BCUT2D eigenvalue weighted by Crippen LogP contribution is -2.40. The van der Waals surface area contributed by atoms with E-state index in [9.17, 15) is 10.1 Å². The molecule has 1 saturated heterocycles. The van der Waals surface area contributed by atoms with E-state index in [1.165, 1.54) is 11.1 Å². The van der Waals surface area contributed by atoms with E-state index in [0.29, 0.717) is 40.9 Å². The van der Waals surface area contributed by atoms with Gasteiger partial charge in [-0.2, -0.15) is 5.26 Å². The third-order valence-corrected chi connectivity index (χ3v) is 8.86. The van der Waals surface area contributed by atoms with Gasteiger partial charge in [0, 0.05) is 30.2 Å². The van der Waals surface area contributed by atoms with Crippen LogP contribution in [-0.2, 0) is 13.0 Å². The van der Waals surface area contributed by atoms with Gasteiger partial charge in [0.2, 0.25) is 0 Å². The second-order valence-corrected chi connectivity index (χ2v) is 12.6. The lowest BCUT2D eigenvalue weighted by atomic mass is 10.0. The second-order valence-electron chi connectivity index (χ2n) is 12.1. The summed E-state index contributed by atoms with van der Waals surface area (Å²) in [7, 11) is 2.14. The highest BCUT2D eigenvalue weighted by Gasteiger charge is 2.21. The Hall–Kier alpha value is -3.93.